The van der Waals surface area contributed by atoms with Crippen LogP contribution in [0, 0.1) is 0 Å². The highest BCUT2D eigenvalue weighted by Gasteiger charge is 2.21. The van der Waals surface area contributed by atoms with E-state index in [1.165, 1.54) is 0 Å². The summed E-state index contributed by atoms with van der Waals surface area (Å²) in [5, 5.41) is 8.78. The van der Waals surface area contributed by atoms with Crippen LogP contribution in [0.4, 0.5) is 0 Å². The quantitative estimate of drug-likeness (QED) is 0.879. The first-order valence-electron chi connectivity index (χ1n) is 5.00. The third-order valence-electron chi connectivity index (χ3n) is 2.58. The van der Waals surface area contributed by atoms with Crippen LogP contribution < -0.4 is 10.5 Å². The first kappa shape index (κ1) is 11.4. The second-order valence-corrected chi connectivity index (χ2v) is 4.72. The molecule has 16 heavy (non-hydrogen) atoms. The van der Waals surface area contributed by atoms with Crippen molar-refractivity contribution in [2.24, 2.45) is 5.73 Å². The summed E-state index contributed by atoms with van der Waals surface area (Å²) in [6, 6.07) is 2.98. The van der Waals surface area contributed by atoms with Crippen LogP contribution >= 0.6 is 15.9 Å². The number of hydrogen-bond donors (Lipinski definition) is 2. The van der Waals surface area contributed by atoms with Crippen molar-refractivity contribution in [3.8, 4) is 5.75 Å². The molecule has 0 saturated heterocycles. The van der Waals surface area contributed by atoms with Crippen molar-refractivity contribution in [3.05, 3.63) is 27.7 Å². The number of aliphatic carboxylic acids is 1. The van der Waals surface area contributed by atoms with Gasteiger partial charge in [0.2, 0.25) is 0 Å². The van der Waals surface area contributed by atoms with E-state index >= 15 is 0 Å². The van der Waals surface area contributed by atoms with Gasteiger partial charge in [-0.15, -0.1) is 0 Å². The summed E-state index contributed by atoms with van der Waals surface area (Å²) >= 11 is 3.40. The largest absolute Gasteiger partial charge is 0.493 e. The van der Waals surface area contributed by atoms with Gasteiger partial charge in [-0.3, -0.25) is 4.79 Å². The number of carboxylic acid groups (broad SMARTS) is 1. The molecule has 0 unspecified atom stereocenters. The highest BCUT2D eigenvalue weighted by molar-refractivity contribution is 9.10. The van der Waals surface area contributed by atoms with Crippen molar-refractivity contribution >= 4 is 21.9 Å². The maximum absolute atomic E-state index is 10.7. The molecule has 86 valence electrons. The number of carbonyl (C=O) groups is 1. The second-order valence-electron chi connectivity index (χ2n) is 3.80. The SMILES string of the molecule is N[C@@H](Cc1cc(Br)cc2c1OCC2)C(=O)O. The Morgan fingerprint density at radius 1 is 1.62 bits per heavy atom. The Kier molecular flexibility index (Phi) is 3.16. The lowest BCUT2D eigenvalue weighted by atomic mass is 10.0. The van der Waals surface area contributed by atoms with Crippen molar-refractivity contribution in [3.63, 3.8) is 0 Å². The number of fused-ring (bicyclic) bond motifs is 1. The number of halogens is 1. The smallest absolute Gasteiger partial charge is 0.320 e. The zero-order valence-electron chi connectivity index (χ0n) is 8.57. The van der Waals surface area contributed by atoms with E-state index in [-0.39, 0.29) is 6.42 Å². The molecule has 0 bridgehead atoms. The lowest BCUT2D eigenvalue weighted by Crippen LogP contribution is -2.32. The molecule has 1 aromatic carbocycles. The van der Waals surface area contributed by atoms with Gasteiger partial charge in [0, 0.05) is 17.3 Å². The standard InChI is InChI=1S/C11H12BrNO3/c12-8-3-6-1-2-16-10(6)7(4-8)5-9(13)11(14)15/h3-4,9H,1-2,5,13H2,(H,14,15)/t9-/m0/s1. The van der Waals surface area contributed by atoms with Crippen LogP contribution in [-0.4, -0.2) is 23.7 Å². The Balaban J connectivity index is 2.30. The number of carboxylic acids is 1. The number of nitrogens with two attached hydrogens (primary N) is 1. The van der Waals surface area contributed by atoms with E-state index in [9.17, 15) is 4.79 Å². The Morgan fingerprint density at radius 3 is 3.06 bits per heavy atom. The van der Waals surface area contributed by atoms with Crippen molar-refractivity contribution in [1.82, 2.24) is 0 Å². The molecule has 0 saturated carbocycles. The molecular weight excluding hydrogens is 274 g/mol. The summed E-state index contributed by atoms with van der Waals surface area (Å²) in [4.78, 5) is 10.7. The van der Waals surface area contributed by atoms with Crippen LogP contribution in [0.15, 0.2) is 16.6 Å². The van der Waals surface area contributed by atoms with Gasteiger partial charge in [-0.1, -0.05) is 15.9 Å². The summed E-state index contributed by atoms with van der Waals surface area (Å²) in [6.45, 7) is 0.654. The van der Waals surface area contributed by atoms with E-state index < -0.39 is 12.0 Å². The van der Waals surface area contributed by atoms with Gasteiger partial charge in [0.15, 0.2) is 0 Å². The average Bonchev–Trinajstić information content (AvgIpc) is 2.65. The maximum Gasteiger partial charge on any atom is 0.320 e. The van der Waals surface area contributed by atoms with Gasteiger partial charge in [-0.25, -0.2) is 0 Å². The summed E-state index contributed by atoms with van der Waals surface area (Å²) < 4.78 is 6.43. The lowest BCUT2D eigenvalue weighted by molar-refractivity contribution is -0.138. The zero-order chi connectivity index (χ0) is 11.7. The molecule has 0 fully saturated rings. The molecule has 0 aliphatic carbocycles. The fourth-order valence-electron chi connectivity index (χ4n) is 1.82. The lowest BCUT2D eigenvalue weighted by Gasteiger charge is -2.11. The highest BCUT2D eigenvalue weighted by atomic mass is 79.9. The molecule has 0 aromatic heterocycles. The molecule has 4 nitrogen and oxygen atoms in total. The van der Waals surface area contributed by atoms with E-state index in [4.69, 9.17) is 15.6 Å². The predicted molar refractivity (Wildman–Crippen MR) is 62.7 cm³/mol. The molecule has 1 heterocycles. The number of rotatable bonds is 3. The fraction of sp³-hybridized carbons (Fsp3) is 0.364. The van der Waals surface area contributed by atoms with E-state index in [0.29, 0.717) is 6.61 Å². The molecule has 0 radical (unpaired) electrons. The first-order chi connectivity index (χ1) is 7.58. The van der Waals surface area contributed by atoms with Gasteiger partial charge >= 0.3 is 5.97 Å². The molecule has 1 atom stereocenters. The molecule has 5 heteroatoms. The Bertz CT molecular complexity index is 433. The minimum Gasteiger partial charge on any atom is -0.493 e. The van der Waals surface area contributed by atoms with Crippen LogP contribution in [0.2, 0.25) is 0 Å². The van der Waals surface area contributed by atoms with E-state index in [1.54, 1.807) is 0 Å². The normalized spacial score (nSPS) is 15.4. The fourth-order valence-corrected chi connectivity index (χ4v) is 2.37. The van der Waals surface area contributed by atoms with Crippen molar-refractivity contribution in [1.29, 1.82) is 0 Å². The summed E-state index contributed by atoms with van der Waals surface area (Å²) in [5.41, 5.74) is 7.49. The summed E-state index contributed by atoms with van der Waals surface area (Å²) in [7, 11) is 0. The van der Waals surface area contributed by atoms with Crippen LogP contribution in [-0.2, 0) is 17.6 Å². The van der Waals surface area contributed by atoms with Gasteiger partial charge in [0.1, 0.15) is 11.8 Å². The van der Waals surface area contributed by atoms with E-state index in [0.717, 1.165) is 27.8 Å². The first-order valence-corrected chi connectivity index (χ1v) is 5.79. The van der Waals surface area contributed by atoms with Crippen molar-refractivity contribution < 1.29 is 14.6 Å². The predicted octanol–water partition coefficient (Wildman–Crippen LogP) is 1.34. The van der Waals surface area contributed by atoms with Gasteiger partial charge in [0.25, 0.3) is 0 Å². The molecular formula is C11H12BrNO3. The van der Waals surface area contributed by atoms with Crippen molar-refractivity contribution in [2.45, 2.75) is 18.9 Å². The van der Waals surface area contributed by atoms with Crippen LogP contribution in [0.25, 0.3) is 0 Å². The molecule has 1 aromatic rings. The third kappa shape index (κ3) is 2.20. The summed E-state index contributed by atoms with van der Waals surface area (Å²) in [6.07, 6.45) is 1.15. The maximum atomic E-state index is 10.7. The molecule has 1 aliphatic heterocycles. The molecule has 2 rings (SSSR count). The zero-order valence-corrected chi connectivity index (χ0v) is 10.2. The van der Waals surface area contributed by atoms with Gasteiger partial charge in [-0.05, 0) is 23.3 Å². The minimum absolute atomic E-state index is 0.289. The summed E-state index contributed by atoms with van der Waals surface area (Å²) in [5.74, 6) is -0.188. The molecule has 3 N–H and O–H groups in total. The highest BCUT2D eigenvalue weighted by Crippen LogP contribution is 2.33. The van der Waals surface area contributed by atoms with Gasteiger partial charge in [0.05, 0.1) is 6.61 Å². The monoisotopic (exact) mass is 285 g/mol. The Labute approximate surface area is 102 Å². The molecule has 0 amide bonds. The average molecular weight is 286 g/mol. The minimum atomic E-state index is -0.994. The second kappa shape index (κ2) is 4.43. The Hall–Kier alpha value is -1.07. The van der Waals surface area contributed by atoms with E-state index in [1.807, 2.05) is 12.1 Å². The van der Waals surface area contributed by atoms with E-state index in [2.05, 4.69) is 15.9 Å². The third-order valence-corrected chi connectivity index (χ3v) is 3.04. The number of ether oxygens (including phenoxy) is 1. The number of hydrogen-bond acceptors (Lipinski definition) is 3. The van der Waals surface area contributed by atoms with Gasteiger partial charge in [-0.2, -0.15) is 0 Å². The van der Waals surface area contributed by atoms with Crippen LogP contribution in [0.1, 0.15) is 11.1 Å². The molecule has 0 spiro atoms. The van der Waals surface area contributed by atoms with Crippen LogP contribution in [0.3, 0.4) is 0 Å². The molecule has 1 aliphatic rings. The Morgan fingerprint density at radius 2 is 2.38 bits per heavy atom. The van der Waals surface area contributed by atoms with Gasteiger partial charge < -0.3 is 15.6 Å². The van der Waals surface area contributed by atoms with Crippen molar-refractivity contribution in [2.75, 3.05) is 6.61 Å². The number of benzene rings is 1. The topological polar surface area (TPSA) is 72.5 Å². The van der Waals surface area contributed by atoms with Crippen LogP contribution in [0.5, 0.6) is 5.75 Å².